The summed E-state index contributed by atoms with van der Waals surface area (Å²) in [6.07, 6.45) is 2.04. The SMILES string of the molecule is [NH3+]C[C@@H](Cc1ccccn1)C(=O)[O-]. The van der Waals surface area contributed by atoms with Crippen LogP contribution in [0.4, 0.5) is 0 Å². The molecule has 0 radical (unpaired) electrons. The number of aromatic nitrogens is 1. The molecule has 0 aliphatic carbocycles. The fourth-order valence-corrected chi connectivity index (χ4v) is 1.07. The summed E-state index contributed by atoms with van der Waals surface area (Å²) in [5.41, 5.74) is 4.32. The van der Waals surface area contributed by atoms with E-state index in [0.29, 0.717) is 13.0 Å². The van der Waals surface area contributed by atoms with E-state index in [4.69, 9.17) is 0 Å². The van der Waals surface area contributed by atoms with E-state index < -0.39 is 11.9 Å². The lowest BCUT2D eigenvalue weighted by Crippen LogP contribution is -2.57. The summed E-state index contributed by atoms with van der Waals surface area (Å²) in [6.45, 7) is 0.332. The Labute approximate surface area is 76.4 Å². The maximum absolute atomic E-state index is 10.6. The molecule has 1 aromatic heterocycles. The average Bonchev–Trinajstić information content (AvgIpc) is 2.15. The minimum atomic E-state index is -1.05. The Bertz CT molecular complexity index is 274. The summed E-state index contributed by atoms with van der Waals surface area (Å²) < 4.78 is 0. The van der Waals surface area contributed by atoms with Crippen LogP contribution in [0.3, 0.4) is 0 Å². The Hall–Kier alpha value is -1.42. The zero-order valence-electron chi connectivity index (χ0n) is 7.27. The monoisotopic (exact) mass is 180 g/mol. The summed E-state index contributed by atoms with van der Waals surface area (Å²) in [6, 6.07) is 5.42. The van der Waals surface area contributed by atoms with Crippen molar-refractivity contribution < 1.29 is 15.6 Å². The molecule has 4 nitrogen and oxygen atoms in total. The number of quaternary nitrogens is 1. The topological polar surface area (TPSA) is 80.7 Å². The molecule has 13 heavy (non-hydrogen) atoms. The van der Waals surface area contributed by atoms with E-state index in [1.807, 2.05) is 6.07 Å². The lowest BCUT2D eigenvalue weighted by molar-refractivity contribution is -0.387. The Balaban J connectivity index is 2.62. The van der Waals surface area contributed by atoms with Crippen molar-refractivity contribution in [1.82, 2.24) is 4.98 Å². The molecule has 1 heterocycles. The number of pyridine rings is 1. The molecule has 1 aromatic rings. The molecule has 0 bridgehead atoms. The number of rotatable bonds is 4. The van der Waals surface area contributed by atoms with Crippen LogP contribution in [0.2, 0.25) is 0 Å². The lowest BCUT2D eigenvalue weighted by atomic mass is 10.0. The number of carboxylic acids is 1. The van der Waals surface area contributed by atoms with Gasteiger partial charge >= 0.3 is 0 Å². The third-order valence-corrected chi connectivity index (χ3v) is 1.86. The van der Waals surface area contributed by atoms with Crippen LogP contribution < -0.4 is 10.8 Å². The average molecular weight is 180 g/mol. The molecule has 0 saturated carbocycles. The van der Waals surface area contributed by atoms with E-state index in [0.717, 1.165) is 5.69 Å². The maximum atomic E-state index is 10.6. The van der Waals surface area contributed by atoms with Gasteiger partial charge in [-0.1, -0.05) is 6.07 Å². The number of aliphatic carboxylic acids is 1. The highest BCUT2D eigenvalue weighted by molar-refractivity contribution is 5.68. The van der Waals surface area contributed by atoms with Gasteiger partial charge in [0.05, 0.1) is 18.4 Å². The van der Waals surface area contributed by atoms with Gasteiger partial charge in [-0.05, 0) is 12.1 Å². The van der Waals surface area contributed by atoms with Crippen LogP contribution in [0.25, 0.3) is 0 Å². The van der Waals surface area contributed by atoms with Gasteiger partial charge in [-0.15, -0.1) is 0 Å². The first kappa shape index (κ1) is 9.67. The third kappa shape index (κ3) is 2.83. The fourth-order valence-electron chi connectivity index (χ4n) is 1.07. The van der Waals surface area contributed by atoms with E-state index in [-0.39, 0.29) is 0 Å². The summed E-state index contributed by atoms with van der Waals surface area (Å²) >= 11 is 0. The van der Waals surface area contributed by atoms with E-state index in [1.54, 1.807) is 18.3 Å². The van der Waals surface area contributed by atoms with Gasteiger partial charge in [0.25, 0.3) is 0 Å². The molecule has 0 fully saturated rings. The predicted molar refractivity (Wildman–Crippen MR) is 44.2 cm³/mol. The van der Waals surface area contributed by atoms with Crippen LogP contribution in [0.1, 0.15) is 5.69 Å². The van der Waals surface area contributed by atoms with Crippen molar-refractivity contribution in [3.8, 4) is 0 Å². The first-order valence-corrected chi connectivity index (χ1v) is 4.14. The molecule has 0 aromatic carbocycles. The van der Waals surface area contributed by atoms with Crippen molar-refractivity contribution in [2.45, 2.75) is 6.42 Å². The first-order chi connectivity index (χ1) is 6.24. The molecule has 70 valence electrons. The smallest absolute Gasteiger partial charge is 0.0825 e. The molecule has 0 unspecified atom stereocenters. The molecular formula is C9H12N2O2. The quantitative estimate of drug-likeness (QED) is 0.595. The lowest BCUT2D eigenvalue weighted by Gasteiger charge is -2.12. The molecule has 1 atom stereocenters. The minimum Gasteiger partial charge on any atom is -0.550 e. The van der Waals surface area contributed by atoms with Gasteiger partial charge in [-0.3, -0.25) is 4.98 Å². The number of carbonyl (C=O) groups excluding carboxylic acids is 1. The van der Waals surface area contributed by atoms with Gasteiger partial charge in [0.15, 0.2) is 0 Å². The van der Waals surface area contributed by atoms with Crippen molar-refractivity contribution in [2.24, 2.45) is 5.92 Å². The van der Waals surface area contributed by atoms with E-state index in [9.17, 15) is 9.90 Å². The molecule has 0 aliphatic heterocycles. The van der Waals surface area contributed by atoms with Crippen molar-refractivity contribution in [3.05, 3.63) is 30.1 Å². The number of hydrogen-bond donors (Lipinski definition) is 1. The second-order valence-corrected chi connectivity index (χ2v) is 2.83. The normalized spacial score (nSPS) is 12.4. The van der Waals surface area contributed by atoms with Crippen LogP contribution in [0.15, 0.2) is 24.4 Å². The molecule has 4 heteroatoms. The van der Waals surface area contributed by atoms with Gasteiger partial charge in [0.1, 0.15) is 0 Å². The number of nitrogens with zero attached hydrogens (tertiary/aromatic N) is 1. The minimum absolute atomic E-state index is 0.332. The molecule has 1 rings (SSSR count). The standard InChI is InChI=1S/C9H12N2O2/c10-6-7(9(12)13)5-8-3-1-2-4-11-8/h1-4,7H,5-6,10H2,(H,12,13)/t7-/m1/s1. The largest absolute Gasteiger partial charge is 0.550 e. The summed E-state index contributed by atoms with van der Waals surface area (Å²) in [5.74, 6) is -1.59. The van der Waals surface area contributed by atoms with Crippen LogP contribution in [0, 0.1) is 5.92 Å². The summed E-state index contributed by atoms with van der Waals surface area (Å²) in [7, 11) is 0. The molecule has 0 saturated heterocycles. The van der Waals surface area contributed by atoms with Crippen LogP contribution >= 0.6 is 0 Å². The Morgan fingerprint density at radius 3 is 2.85 bits per heavy atom. The third-order valence-electron chi connectivity index (χ3n) is 1.86. The van der Waals surface area contributed by atoms with Crippen LogP contribution in [-0.2, 0) is 11.2 Å². The van der Waals surface area contributed by atoms with Crippen molar-refractivity contribution in [3.63, 3.8) is 0 Å². The maximum Gasteiger partial charge on any atom is 0.0825 e. The molecule has 0 spiro atoms. The Morgan fingerprint density at radius 1 is 1.62 bits per heavy atom. The van der Waals surface area contributed by atoms with Crippen molar-refractivity contribution in [2.75, 3.05) is 6.54 Å². The molecule has 0 amide bonds. The highest BCUT2D eigenvalue weighted by atomic mass is 16.4. The fraction of sp³-hybridized carbons (Fsp3) is 0.333. The van der Waals surface area contributed by atoms with E-state index in [1.165, 1.54) is 0 Å². The molecule has 0 aliphatic rings. The van der Waals surface area contributed by atoms with Gasteiger partial charge in [-0.2, -0.15) is 0 Å². The second kappa shape index (κ2) is 4.57. The predicted octanol–water partition coefficient (Wildman–Crippen LogP) is -1.77. The summed E-state index contributed by atoms with van der Waals surface area (Å²) in [4.78, 5) is 14.6. The summed E-state index contributed by atoms with van der Waals surface area (Å²) in [5, 5.41) is 10.6. The van der Waals surface area contributed by atoms with Crippen LogP contribution in [0.5, 0.6) is 0 Å². The van der Waals surface area contributed by atoms with Gasteiger partial charge in [0.2, 0.25) is 0 Å². The Kier molecular flexibility index (Phi) is 3.40. The van der Waals surface area contributed by atoms with Gasteiger partial charge in [-0.25, -0.2) is 0 Å². The Morgan fingerprint density at radius 2 is 2.38 bits per heavy atom. The number of carbonyl (C=O) groups is 1. The van der Waals surface area contributed by atoms with Gasteiger partial charge in [0, 0.05) is 18.3 Å². The zero-order chi connectivity index (χ0) is 9.68. The second-order valence-electron chi connectivity index (χ2n) is 2.83. The van der Waals surface area contributed by atoms with Crippen LogP contribution in [-0.4, -0.2) is 17.5 Å². The first-order valence-electron chi connectivity index (χ1n) is 4.14. The highest BCUT2D eigenvalue weighted by Crippen LogP contribution is 2.03. The van der Waals surface area contributed by atoms with Crippen molar-refractivity contribution in [1.29, 1.82) is 0 Å². The number of carboxylic acid groups (broad SMARTS) is 1. The molecule has 3 N–H and O–H groups in total. The zero-order valence-corrected chi connectivity index (χ0v) is 7.27. The van der Waals surface area contributed by atoms with Gasteiger partial charge < -0.3 is 15.6 Å². The van der Waals surface area contributed by atoms with E-state index in [2.05, 4.69) is 10.7 Å². The van der Waals surface area contributed by atoms with Crippen molar-refractivity contribution >= 4 is 5.97 Å². The number of hydrogen-bond acceptors (Lipinski definition) is 3. The highest BCUT2D eigenvalue weighted by Gasteiger charge is 2.10. The van der Waals surface area contributed by atoms with E-state index >= 15 is 0 Å². The molecular weight excluding hydrogens is 168 g/mol.